The van der Waals surface area contributed by atoms with Gasteiger partial charge in [-0.3, -0.25) is 4.90 Å². The largest absolute Gasteiger partial charge is 0.466 e. The van der Waals surface area contributed by atoms with Gasteiger partial charge in [-0.2, -0.15) is 5.26 Å². The smallest absolute Gasteiger partial charge is 0.337 e. The predicted octanol–water partition coefficient (Wildman–Crippen LogP) is 2.26. The molecule has 0 saturated heterocycles. The van der Waals surface area contributed by atoms with Crippen molar-refractivity contribution in [2.45, 2.75) is 13.0 Å². The molecule has 0 saturated carbocycles. The molecule has 1 unspecified atom stereocenters. The summed E-state index contributed by atoms with van der Waals surface area (Å²) >= 11 is 0. The van der Waals surface area contributed by atoms with Crippen molar-refractivity contribution >= 4 is 12.0 Å². The van der Waals surface area contributed by atoms with E-state index in [1.165, 1.54) is 12.0 Å². The van der Waals surface area contributed by atoms with Gasteiger partial charge in [-0.05, 0) is 24.6 Å². The van der Waals surface area contributed by atoms with Crippen LogP contribution in [0.3, 0.4) is 0 Å². The van der Waals surface area contributed by atoms with Crippen molar-refractivity contribution < 1.29 is 14.3 Å². The molecule has 2 amide bonds. The van der Waals surface area contributed by atoms with Crippen LogP contribution in [0.1, 0.15) is 24.1 Å². The number of hydrogen-bond donors (Lipinski definition) is 1. The lowest BCUT2D eigenvalue weighted by atomic mass is 9.94. The average molecular weight is 311 g/mol. The summed E-state index contributed by atoms with van der Waals surface area (Å²) in [5, 5.41) is 11.8. The van der Waals surface area contributed by atoms with Gasteiger partial charge in [0.2, 0.25) is 0 Å². The van der Waals surface area contributed by atoms with Gasteiger partial charge in [-0.25, -0.2) is 9.59 Å². The Morgan fingerprint density at radius 2 is 2.30 bits per heavy atom. The zero-order valence-electron chi connectivity index (χ0n) is 13.0. The van der Waals surface area contributed by atoms with E-state index in [9.17, 15) is 9.59 Å². The Labute approximate surface area is 134 Å². The second-order valence-electron chi connectivity index (χ2n) is 5.01. The minimum atomic E-state index is -0.663. The molecule has 6 heteroatoms. The Hall–Kier alpha value is -3.07. The molecule has 0 aromatic heterocycles. The zero-order valence-corrected chi connectivity index (χ0v) is 13.0. The van der Waals surface area contributed by atoms with E-state index in [4.69, 9.17) is 10.00 Å². The number of carbonyl (C=O) groups is 2. The van der Waals surface area contributed by atoms with E-state index in [0.29, 0.717) is 22.4 Å². The Balaban J connectivity index is 2.57. The summed E-state index contributed by atoms with van der Waals surface area (Å²) in [6.07, 6.45) is 1.58. The first-order chi connectivity index (χ1) is 11.0. The third kappa shape index (κ3) is 3.09. The fraction of sp³-hybridized carbons (Fsp3) is 0.235. The van der Waals surface area contributed by atoms with Crippen LogP contribution in [0, 0.1) is 11.3 Å². The van der Waals surface area contributed by atoms with Crippen molar-refractivity contribution in [3.8, 4) is 6.07 Å². The molecule has 23 heavy (non-hydrogen) atoms. The number of carbonyl (C=O) groups excluding carboxylic acids is 2. The van der Waals surface area contributed by atoms with Gasteiger partial charge >= 0.3 is 12.0 Å². The molecule has 0 fully saturated rings. The molecule has 2 rings (SSSR count). The van der Waals surface area contributed by atoms with Crippen molar-refractivity contribution in [2.24, 2.45) is 0 Å². The van der Waals surface area contributed by atoms with E-state index in [-0.39, 0.29) is 12.6 Å². The van der Waals surface area contributed by atoms with E-state index >= 15 is 0 Å². The lowest BCUT2D eigenvalue weighted by Gasteiger charge is -2.34. The van der Waals surface area contributed by atoms with E-state index in [1.807, 2.05) is 6.07 Å². The number of nitrogens with one attached hydrogen (secondary N) is 1. The summed E-state index contributed by atoms with van der Waals surface area (Å²) < 4.78 is 4.86. The van der Waals surface area contributed by atoms with Gasteiger partial charge in [-0.15, -0.1) is 6.58 Å². The molecule has 1 heterocycles. The Kier molecular flexibility index (Phi) is 4.82. The lowest BCUT2D eigenvalue weighted by molar-refractivity contribution is -0.136. The van der Waals surface area contributed by atoms with Gasteiger partial charge in [0.15, 0.2) is 0 Å². The zero-order chi connectivity index (χ0) is 17.0. The first-order valence-corrected chi connectivity index (χ1v) is 7.01. The average Bonchev–Trinajstić information content (AvgIpc) is 2.57. The van der Waals surface area contributed by atoms with E-state index in [1.54, 1.807) is 37.3 Å². The molecule has 118 valence electrons. The standard InChI is InChI=1S/C17H17N3O3/c1-4-8-20-11(2)14(16(21)23-3)15(19-17(20)22)13-7-5-6-12(9-13)10-18/h4-7,9,15H,1,8H2,2-3H3,(H,19,22). The highest BCUT2D eigenvalue weighted by molar-refractivity contribution is 5.95. The van der Waals surface area contributed by atoms with Crippen LogP contribution < -0.4 is 5.32 Å². The number of nitrogens with zero attached hydrogens (tertiary/aromatic N) is 2. The first kappa shape index (κ1) is 16.3. The monoisotopic (exact) mass is 311 g/mol. The summed E-state index contributed by atoms with van der Waals surface area (Å²) in [7, 11) is 1.29. The van der Waals surface area contributed by atoms with Crippen LogP contribution in [0.25, 0.3) is 0 Å². The van der Waals surface area contributed by atoms with E-state index in [0.717, 1.165) is 0 Å². The van der Waals surface area contributed by atoms with Crippen LogP contribution in [0.5, 0.6) is 0 Å². The van der Waals surface area contributed by atoms with Crippen LogP contribution in [0.15, 0.2) is 48.2 Å². The highest BCUT2D eigenvalue weighted by atomic mass is 16.5. The number of allylic oxidation sites excluding steroid dienone is 1. The molecular formula is C17H17N3O3. The number of methoxy groups -OCH3 is 1. The molecule has 0 bridgehead atoms. The van der Waals surface area contributed by atoms with Crippen LogP contribution in [-0.4, -0.2) is 30.6 Å². The Morgan fingerprint density at radius 3 is 2.91 bits per heavy atom. The maximum absolute atomic E-state index is 12.3. The van der Waals surface area contributed by atoms with Gasteiger partial charge in [0.05, 0.1) is 30.4 Å². The minimum Gasteiger partial charge on any atom is -0.466 e. The highest BCUT2D eigenvalue weighted by Gasteiger charge is 2.35. The molecule has 0 aliphatic carbocycles. The number of urea groups is 1. The topological polar surface area (TPSA) is 82.4 Å². The number of benzene rings is 1. The van der Waals surface area contributed by atoms with E-state index < -0.39 is 12.0 Å². The number of ether oxygens (including phenoxy) is 1. The van der Waals surface area contributed by atoms with Gasteiger partial charge in [0, 0.05) is 12.2 Å². The van der Waals surface area contributed by atoms with Crippen molar-refractivity contribution in [2.75, 3.05) is 13.7 Å². The van der Waals surface area contributed by atoms with Crippen LogP contribution in [-0.2, 0) is 9.53 Å². The number of hydrogen-bond acceptors (Lipinski definition) is 4. The minimum absolute atomic E-state index is 0.281. The molecule has 1 aliphatic rings. The molecule has 1 aliphatic heterocycles. The number of amides is 2. The third-order valence-electron chi connectivity index (χ3n) is 3.66. The Morgan fingerprint density at radius 1 is 1.57 bits per heavy atom. The van der Waals surface area contributed by atoms with Gasteiger partial charge in [-0.1, -0.05) is 18.2 Å². The maximum atomic E-state index is 12.3. The van der Waals surface area contributed by atoms with Gasteiger partial charge in [0.25, 0.3) is 0 Å². The summed E-state index contributed by atoms with van der Waals surface area (Å²) in [6.45, 7) is 5.59. The van der Waals surface area contributed by atoms with Crippen LogP contribution >= 0.6 is 0 Å². The summed E-state index contributed by atoms with van der Waals surface area (Å²) in [4.78, 5) is 25.9. The fourth-order valence-corrected chi connectivity index (χ4v) is 2.54. The van der Waals surface area contributed by atoms with E-state index in [2.05, 4.69) is 11.9 Å². The molecule has 6 nitrogen and oxygen atoms in total. The molecule has 0 radical (unpaired) electrons. The second-order valence-corrected chi connectivity index (χ2v) is 5.01. The molecule has 1 N–H and O–H groups in total. The quantitative estimate of drug-likeness (QED) is 0.683. The molecular weight excluding hydrogens is 294 g/mol. The number of nitriles is 1. The normalized spacial score (nSPS) is 17.3. The van der Waals surface area contributed by atoms with Crippen molar-refractivity contribution in [3.05, 3.63) is 59.3 Å². The van der Waals surface area contributed by atoms with Crippen LogP contribution in [0.2, 0.25) is 0 Å². The summed E-state index contributed by atoms with van der Waals surface area (Å²) in [6, 6.07) is 7.82. The second kappa shape index (κ2) is 6.79. The predicted molar refractivity (Wildman–Crippen MR) is 84.0 cm³/mol. The third-order valence-corrected chi connectivity index (χ3v) is 3.66. The Bertz CT molecular complexity index is 731. The van der Waals surface area contributed by atoms with Gasteiger partial charge in [0.1, 0.15) is 0 Å². The summed E-state index contributed by atoms with van der Waals surface area (Å²) in [5.74, 6) is -0.524. The van der Waals surface area contributed by atoms with Crippen LogP contribution in [0.4, 0.5) is 4.79 Å². The molecule has 1 aromatic carbocycles. The van der Waals surface area contributed by atoms with Crippen molar-refractivity contribution in [1.82, 2.24) is 10.2 Å². The van der Waals surface area contributed by atoms with Crippen molar-refractivity contribution in [3.63, 3.8) is 0 Å². The molecule has 0 spiro atoms. The van der Waals surface area contributed by atoms with Crippen molar-refractivity contribution in [1.29, 1.82) is 5.26 Å². The fourth-order valence-electron chi connectivity index (χ4n) is 2.54. The molecule has 1 atom stereocenters. The molecule has 1 aromatic rings. The summed E-state index contributed by atoms with van der Waals surface area (Å²) in [5.41, 5.74) is 1.94. The number of esters is 1. The van der Waals surface area contributed by atoms with Gasteiger partial charge < -0.3 is 10.1 Å². The maximum Gasteiger partial charge on any atom is 0.337 e. The lowest BCUT2D eigenvalue weighted by Crippen LogP contribution is -2.48. The number of rotatable bonds is 4. The SMILES string of the molecule is C=CCN1C(=O)NC(c2cccc(C#N)c2)C(C(=O)OC)=C1C. The first-order valence-electron chi connectivity index (χ1n) is 7.01. The highest BCUT2D eigenvalue weighted by Crippen LogP contribution is 2.31.